The number of nitrogens with zero attached hydrogens (tertiary/aromatic N) is 1. The number of carbonyl (C=O) groups excluding carboxylic acids is 1. The van der Waals surface area contributed by atoms with Crippen molar-refractivity contribution in [3.8, 4) is 10.6 Å². The predicted octanol–water partition coefficient (Wildman–Crippen LogP) is 3.34. The topological polar surface area (TPSA) is 42.0 Å². The van der Waals surface area contributed by atoms with Crippen LogP contribution in [0.3, 0.4) is 0 Å². The van der Waals surface area contributed by atoms with Crippen LogP contribution in [0.15, 0.2) is 35.8 Å². The average molecular weight is 260 g/mol. The molecular formula is C14H16N2OS. The van der Waals surface area contributed by atoms with Crippen LogP contribution in [-0.4, -0.2) is 16.4 Å². The molecule has 0 bridgehead atoms. The van der Waals surface area contributed by atoms with Gasteiger partial charge in [0.2, 0.25) is 0 Å². The van der Waals surface area contributed by atoms with Gasteiger partial charge in [0.1, 0.15) is 5.01 Å². The van der Waals surface area contributed by atoms with Gasteiger partial charge in [0, 0.05) is 28.2 Å². The lowest BCUT2D eigenvalue weighted by atomic mass is 10.1. The van der Waals surface area contributed by atoms with Crippen LogP contribution in [-0.2, 0) is 0 Å². The van der Waals surface area contributed by atoms with E-state index >= 15 is 0 Å². The third-order valence-electron chi connectivity index (χ3n) is 2.31. The number of thiazole rings is 1. The van der Waals surface area contributed by atoms with Crippen molar-refractivity contribution in [3.63, 3.8) is 0 Å². The van der Waals surface area contributed by atoms with E-state index < -0.39 is 0 Å². The maximum Gasteiger partial charge on any atom is 0.251 e. The monoisotopic (exact) mass is 260 g/mol. The van der Waals surface area contributed by atoms with Crippen molar-refractivity contribution >= 4 is 17.2 Å². The number of hydrogen-bond donors (Lipinski definition) is 1. The first-order valence-electron chi connectivity index (χ1n) is 5.78. The summed E-state index contributed by atoms with van der Waals surface area (Å²) in [5.41, 5.74) is 1.49. The number of hydrogen-bond acceptors (Lipinski definition) is 3. The highest BCUT2D eigenvalue weighted by Gasteiger charge is 2.15. The van der Waals surface area contributed by atoms with E-state index in [2.05, 4.69) is 10.3 Å². The Hall–Kier alpha value is -1.68. The molecule has 0 unspecified atom stereocenters. The molecule has 0 atom stereocenters. The number of amides is 1. The lowest BCUT2D eigenvalue weighted by Crippen LogP contribution is -2.40. The number of rotatable bonds is 2. The molecular weight excluding hydrogens is 244 g/mol. The molecule has 0 saturated heterocycles. The third-order valence-corrected chi connectivity index (χ3v) is 3.14. The molecule has 1 amide bonds. The van der Waals surface area contributed by atoms with Crippen molar-refractivity contribution in [1.29, 1.82) is 0 Å². The Balaban J connectivity index is 2.15. The van der Waals surface area contributed by atoms with Crippen LogP contribution in [0.2, 0.25) is 0 Å². The van der Waals surface area contributed by atoms with Gasteiger partial charge in [-0.2, -0.15) is 0 Å². The Morgan fingerprint density at radius 3 is 2.39 bits per heavy atom. The first-order valence-corrected chi connectivity index (χ1v) is 6.66. The van der Waals surface area contributed by atoms with Gasteiger partial charge in [-0.05, 0) is 32.9 Å². The fourth-order valence-electron chi connectivity index (χ4n) is 1.54. The van der Waals surface area contributed by atoms with Gasteiger partial charge in [0.05, 0.1) is 0 Å². The van der Waals surface area contributed by atoms with E-state index in [1.807, 2.05) is 50.4 Å². The molecule has 0 radical (unpaired) electrons. The van der Waals surface area contributed by atoms with Crippen LogP contribution in [0.5, 0.6) is 0 Å². The van der Waals surface area contributed by atoms with E-state index in [4.69, 9.17) is 0 Å². The van der Waals surface area contributed by atoms with E-state index in [1.165, 1.54) is 0 Å². The molecule has 1 aromatic carbocycles. The largest absolute Gasteiger partial charge is 0.347 e. The maximum absolute atomic E-state index is 11.9. The van der Waals surface area contributed by atoms with Crippen LogP contribution in [0, 0.1) is 0 Å². The highest BCUT2D eigenvalue weighted by atomic mass is 32.1. The van der Waals surface area contributed by atoms with Crippen LogP contribution < -0.4 is 5.32 Å². The van der Waals surface area contributed by atoms with Gasteiger partial charge in [-0.25, -0.2) is 4.98 Å². The first-order chi connectivity index (χ1) is 8.46. The summed E-state index contributed by atoms with van der Waals surface area (Å²) in [7, 11) is 0. The van der Waals surface area contributed by atoms with Gasteiger partial charge in [-0.15, -0.1) is 11.3 Å². The Kier molecular flexibility index (Phi) is 3.48. The number of nitrogens with one attached hydrogen (secondary N) is 1. The minimum atomic E-state index is -0.217. The summed E-state index contributed by atoms with van der Waals surface area (Å²) in [6.45, 7) is 5.90. The Morgan fingerprint density at radius 1 is 1.22 bits per heavy atom. The lowest BCUT2D eigenvalue weighted by molar-refractivity contribution is 0.0919. The van der Waals surface area contributed by atoms with Crippen molar-refractivity contribution < 1.29 is 4.79 Å². The van der Waals surface area contributed by atoms with Crippen molar-refractivity contribution in [2.24, 2.45) is 0 Å². The Labute approximate surface area is 111 Å². The molecule has 3 nitrogen and oxygen atoms in total. The molecule has 0 saturated carbocycles. The molecule has 0 aliphatic heterocycles. The summed E-state index contributed by atoms with van der Waals surface area (Å²) >= 11 is 1.59. The van der Waals surface area contributed by atoms with Crippen LogP contribution in [0.1, 0.15) is 31.1 Å². The summed E-state index contributed by atoms with van der Waals surface area (Å²) in [5.74, 6) is -0.0480. The standard InChI is InChI=1S/C14H16N2OS/c1-14(2,3)16-12(17)10-4-6-11(7-5-10)13-15-8-9-18-13/h4-9H,1-3H3,(H,16,17). The molecule has 94 valence electrons. The Morgan fingerprint density at radius 2 is 1.89 bits per heavy atom. The molecule has 0 aliphatic rings. The second-order valence-electron chi connectivity index (χ2n) is 5.12. The predicted molar refractivity (Wildman–Crippen MR) is 74.8 cm³/mol. The summed E-state index contributed by atoms with van der Waals surface area (Å²) < 4.78 is 0. The lowest BCUT2D eigenvalue weighted by Gasteiger charge is -2.20. The molecule has 4 heteroatoms. The summed E-state index contributed by atoms with van der Waals surface area (Å²) in [4.78, 5) is 16.2. The van der Waals surface area contributed by atoms with Crippen molar-refractivity contribution in [2.75, 3.05) is 0 Å². The van der Waals surface area contributed by atoms with Gasteiger partial charge >= 0.3 is 0 Å². The van der Waals surface area contributed by atoms with E-state index in [0.29, 0.717) is 5.56 Å². The second kappa shape index (κ2) is 4.90. The van der Waals surface area contributed by atoms with Crippen LogP contribution in [0.4, 0.5) is 0 Å². The normalized spacial score (nSPS) is 11.3. The third kappa shape index (κ3) is 3.17. The molecule has 2 aromatic rings. The van der Waals surface area contributed by atoms with Gasteiger partial charge < -0.3 is 5.32 Å². The minimum Gasteiger partial charge on any atom is -0.347 e. The van der Waals surface area contributed by atoms with Crippen molar-refractivity contribution in [1.82, 2.24) is 10.3 Å². The van der Waals surface area contributed by atoms with Crippen LogP contribution in [0.25, 0.3) is 10.6 Å². The molecule has 0 fully saturated rings. The molecule has 0 spiro atoms. The van der Waals surface area contributed by atoms with E-state index in [9.17, 15) is 4.79 Å². The molecule has 18 heavy (non-hydrogen) atoms. The van der Waals surface area contributed by atoms with Gasteiger partial charge in [-0.1, -0.05) is 12.1 Å². The number of aromatic nitrogens is 1. The zero-order valence-electron chi connectivity index (χ0n) is 10.7. The highest BCUT2D eigenvalue weighted by molar-refractivity contribution is 7.13. The smallest absolute Gasteiger partial charge is 0.251 e. The molecule has 0 aliphatic carbocycles. The maximum atomic E-state index is 11.9. The quantitative estimate of drug-likeness (QED) is 0.899. The molecule has 1 heterocycles. The SMILES string of the molecule is CC(C)(C)NC(=O)c1ccc(-c2nccs2)cc1. The fraction of sp³-hybridized carbons (Fsp3) is 0.286. The van der Waals surface area contributed by atoms with Gasteiger partial charge in [0.25, 0.3) is 5.91 Å². The number of benzene rings is 1. The van der Waals surface area contributed by atoms with Crippen LogP contribution >= 0.6 is 11.3 Å². The molecule has 1 aromatic heterocycles. The van der Waals surface area contributed by atoms with Gasteiger partial charge in [0.15, 0.2) is 0 Å². The Bertz CT molecular complexity index is 524. The number of carbonyl (C=O) groups is 1. The minimum absolute atomic E-state index is 0.0480. The summed E-state index contributed by atoms with van der Waals surface area (Å²) in [6, 6.07) is 7.52. The summed E-state index contributed by atoms with van der Waals surface area (Å²) in [5, 5.41) is 5.85. The highest BCUT2D eigenvalue weighted by Crippen LogP contribution is 2.21. The second-order valence-corrected chi connectivity index (χ2v) is 6.01. The van der Waals surface area contributed by atoms with Crippen molar-refractivity contribution in [2.45, 2.75) is 26.3 Å². The fourth-order valence-corrected chi connectivity index (χ4v) is 2.19. The average Bonchev–Trinajstić information content (AvgIpc) is 2.80. The zero-order valence-corrected chi connectivity index (χ0v) is 11.5. The summed E-state index contributed by atoms with van der Waals surface area (Å²) in [6.07, 6.45) is 1.78. The molecule has 1 N–H and O–H groups in total. The van der Waals surface area contributed by atoms with Gasteiger partial charge in [-0.3, -0.25) is 4.79 Å². The first kappa shape index (κ1) is 12.8. The zero-order chi connectivity index (χ0) is 13.2. The van der Waals surface area contributed by atoms with E-state index in [0.717, 1.165) is 10.6 Å². The van der Waals surface area contributed by atoms with Crippen molar-refractivity contribution in [3.05, 3.63) is 41.4 Å². The van der Waals surface area contributed by atoms with E-state index in [1.54, 1.807) is 17.5 Å². The van der Waals surface area contributed by atoms with E-state index in [-0.39, 0.29) is 11.4 Å². The molecule has 2 rings (SSSR count).